The van der Waals surface area contributed by atoms with E-state index in [-0.39, 0.29) is 6.29 Å². The fraction of sp³-hybridized carbons (Fsp3) is 0.700. The average Bonchev–Trinajstić information content (AvgIpc) is 2.61. The van der Waals surface area contributed by atoms with Crippen molar-refractivity contribution in [1.29, 1.82) is 0 Å². The molecule has 0 saturated heterocycles. The number of nitrogens with zero attached hydrogens (tertiary/aromatic N) is 2. The van der Waals surface area contributed by atoms with E-state index in [1.54, 1.807) is 17.1 Å². The molecule has 1 atom stereocenters. The summed E-state index contributed by atoms with van der Waals surface area (Å²) in [6.07, 6.45) is 4.25. The van der Waals surface area contributed by atoms with Crippen molar-refractivity contribution in [2.24, 2.45) is 0 Å². The van der Waals surface area contributed by atoms with E-state index in [1.807, 2.05) is 6.92 Å². The maximum Gasteiger partial charge on any atom is 0.154 e. The Morgan fingerprint density at radius 3 is 2.80 bits per heavy atom. The normalized spacial score (nSPS) is 12.9. The first-order valence-electron chi connectivity index (χ1n) is 5.23. The standard InChI is InChI=1S/C10H19N3O2/c1-3-5-14-9(2)15-6-4-13-8-10(11)7-12-13/h7-9H,3-6,11H2,1-2H3. The van der Waals surface area contributed by atoms with Crippen molar-refractivity contribution in [3.05, 3.63) is 12.4 Å². The summed E-state index contributed by atoms with van der Waals surface area (Å²) in [5, 5.41) is 4.05. The van der Waals surface area contributed by atoms with E-state index in [9.17, 15) is 0 Å². The summed E-state index contributed by atoms with van der Waals surface area (Å²) in [6, 6.07) is 0. The Hall–Kier alpha value is -1.07. The van der Waals surface area contributed by atoms with Gasteiger partial charge in [0.05, 0.1) is 25.0 Å². The van der Waals surface area contributed by atoms with Crippen LogP contribution in [0.1, 0.15) is 20.3 Å². The molecular weight excluding hydrogens is 194 g/mol. The van der Waals surface area contributed by atoms with Gasteiger partial charge in [-0.15, -0.1) is 0 Å². The van der Waals surface area contributed by atoms with Gasteiger partial charge in [0.1, 0.15) is 0 Å². The zero-order valence-electron chi connectivity index (χ0n) is 9.35. The van der Waals surface area contributed by atoms with Crippen LogP contribution in [0.15, 0.2) is 12.4 Å². The van der Waals surface area contributed by atoms with Gasteiger partial charge in [0.15, 0.2) is 6.29 Å². The third kappa shape index (κ3) is 4.80. The minimum atomic E-state index is -0.155. The highest BCUT2D eigenvalue weighted by atomic mass is 16.7. The Morgan fingerprint density at radius 1 is 1.47 bits per heavy atom. The van der Waals surface area contributed by atoms with Gasteiger partial charge in [-0.3, -0.25) is 4.68 Å². The molecule has 0 spiro atoms. The van der Waals surface area contributed by atoms with Gasteiger partial charge in [0.2, 0.25) is 0 Å². The molecule has 0 saturated carbocycles. The summed E-state index contributed by atoms with van der Waals surface area (Å²) in [5.74, 6) is 0. The highest BCUT2D eigenvalue weighted by Gasteiger charge is 2.01. The molecule has 0 aliphatic carbocycles. The lowest BCUT2D eigenvalue weighted by atomic mass is 10.5. The van der Waals surface area contributed by atoms with Gasteiger partial charge in [0.25, 0.3) is 0 Å². The Bertz CT molecular complexity index is 275. The van der Waals surface area contributed by atoms with Gasteiger partial charge >= 0.3 is 0 Å². The fourth-order valence-corrected chi connectivity index (χ4v) is 1.15. The van der Waals surface area contributed by atoms with Crippen LogP contribution in [-0.2, 0) is 16.0 Å². The zero-order chi connectivity index (χ0) is 11.1. The molecule has 1 aromatic heterocycles. The SMILES string of the molecule is CCCOC(C)OCCn1cc(N)cn1. The number of nitrogens with two attached hydrogens (primary N) is 1. The largest absolute Gasteiger partial charge is 0.396 e. The third-order valence-electron chi connectivity index (χ3n) is 1.88. The van der Waals surface area contributed by atoms with Crippen LogP contribution in [0, 0.1) is 0 Å². The van der Waals surface area contributed by atoms with Gasteiger partial charge in [-0.2, -0.15) is 5.10 Å². The number of aromatic nitrogens is 2. The van der Waals surface area contributed by atoms with Crippen molar-refractivity contribution in [1.82, 2.24) is 9.78 Å². The first kappa shape index (κ1) is 12.0. The zero-order valence-corrected chi connectivity index (χ0v) is 9.35. The van der Waals surface area contributed by atoms with Crippen molar-refractivity contribution < 1.29 is 9.47 Å². The van der Waals surface area contributed by atoms with Crippen LogP contribution >= 0.6 is 0 Å². The number of hydrogen-bond acceptors (Lipinski definition) is 4. The number of anilines is 1. The quantitative estimate of drug-likeness (QED) is 0.692. The molecule has 0 aliphatic heterocycles. The predicted octanol–water partition coefficient (Wildman–Crippen LogP) is 1.25. The molecule has 2 N–H and O–H groups in total. The molecule has 1 heterocycles. The van der Waals surface area contributed by atoms with Crippen LogP contribution in [0.25, 0.3) is 0 Å². The van der Waals surface area contributed by atoms with Crippen molar-refractivity contribution >= 4 is 5.69 Å². The van der Waals surface area contributed by atoms with Crippen LogP contribution in [0.3, 0.4) is 0 Å². The molecule has 0 aromatic carbocycles. The second-order valence-corrected chi connectivity index (χ2v) is 3.35. The van der Waals surface area contributed by atoms with Crippen molar-refractivity contribution in [2.75, 3.05) is 18.9 Å². The van der Waals surface area contributed by atoms with Crippen LogP contribution in [-0.4, -0.2) is 29.3 Å². The lowest BCUT2D eigenvalue weighted by Gasteiger charge is -2.13. The number of rotatable bonds is 7. The highest BCUT2D eigenvalue weighted by Crippen LogP contribution is 1.99. The van der Waals surface area contributed by atoms with E-state index >= 15 is 0 Å². The summed E-state index contributed by atoms with van der Waals surface area (Å²) < 4.78 is 12.5. The molecule has 0 aliphatic rings. The Morgan fingerprint density at radius 2 is 2.20 bits per heavy atom. The van der Waals surface area contributed by atoms with E-state index in [0.29, 0.717) is 18.8 Å². The number of nitrogen functional groups attached to an aromatic ring is 1. The summed E-state index contributed by atoms with van der Waals surface area (Å²) in [5.41, 5.74) is 6.20. The molecule has 1 aromatic rings. The highest BCUT2D eigenvalue weighted by molar-refractivity contribution is 5.30. The lowest BCUT2D eigenvalue weighted by molar-refractivity contribution is -0.132. The van der Waals surface area contributed by atoms with E-state index in [4.69, 9.17) is 15.2 Å². The van der Waals surface area contributed by atoms with Crippen molar-refractivity contribution in [3.8, 4) is 0 Å². The molecule has 86 valence electrons. The van der Waals surface area contributed by atoms with Crippen molar-refractivity contribution in [3.63, 3.8) is 0 Å². The average molecular weight is 213 g/mol. The van der Waals surface area contributed by atoms with E-state index in [2.05, 4.69) is 12.0 Å². The van der Waals surface area contributed by atoms with Crippen LogP contribution in [0.4, 0.5) is 5.69 Å². The third-order valence-corrected chi connectivity index (χ3v) is 1.88. The van der Waals surface area contributed by atoms with E-state index in [1.165, 1.54) is 0 Å². The Balaban J connectivity index is 2.10. The monoisotopic (exact) mass is 213 g/mol. The number of ether oxygens (including phenoxy) is 2. The second kappa shape index (κ2) is 6.42. The minimum Gasteiger partial charge on any atom is -0.396 e. The van der Waals surface area contributed by atoms with Crippen LogP contribution < -0.4 is 5.73 Å². The topological polar surface area (TPSA) is 62.3 Å². The van der Waals surface area contributed by atoms with Gasteiger partial charge in [-0.25, -0.2) is 0 Å². The molecule has 1 unspecified atom stereocenters. The fourth-order valence-electron chi connectivity index (χ4n) is 1.15. The van der Waals surface area contributed by atoms with Gasteiger partial charge in [-0.1, -0.05) is 6.92 Å². The minimum absolute atomic E-state index is 0.155. The number of hydrogen-bond donors (Lipinski definition) is 1. The Labute approximate surface area is 90.2 Å². The molecular formula is C10H19N3O2. The second-order valence-electron chi connectivity index (χ2n) is 3.35. The molecule has 5 heteroatoms. The summed E-state index contributed by atoms with van der Waals surface area (Å²) in [7, 11) is 0. The summed E-state index contributed by atoms with van der Waals surface area (Å²) in [4.78, 5) is 0. The van der Waals surface area contributed by atoms with Crippen LogP contribution in [0.5, 0.6) is 0 Å². The summed E-state index contributed by atoms with van der Waals surface area (Å²) in [6.45, 7) is 5.96. The summed E-state index contributed by atoms with van der Waals surface area (Å²) >= 11 is 0. The molecule has 0 radical (unpaired) electrons. The molecule has 0 bridgehead atoms. The van der Waals surface area contributed by atoms with Crippen LogP contribution in [0.2, 0.25) is 0 Å². The first-order chi connectivity index (χ1) is 7.22. The molecule has 15 heavy (non-hydrogen) atoms. The predicted molar refractivity (Wildman–Crippen MR) is 58.3 cm³/mol. The van der Waals surface area contributed by atoms with Gasteiger partial charge in [-0.05, 0) is 13.3 Å². The maximum atomic E-state index is 5.53. The van der Waals surface area contributed by atoms with E-state index in [0.717, 1.165) is 13.0 Å². The Kier molecular flexibility index (Phi) is 5.14. The maximum absolute atomic E-state index is 5.53. The smallest absolute Gasteiger partial charge is 0.154 e. The van der Waals surface area contributed by atoms with Gasteiger partial charge < -0.3 is 15.2 Å². The van der Waals surface area contributed by atoms with E-state index < -0.39 is 0 Å². The van der Waals surface area contributed by atoms with Gasteiger partial charge in [0, 0.05) is 12.8 Å². The first-order valence-corrected chi connectivity index (χ1v) is 5.23. The lowest BCUT2D eigenvalue weighted by Crippen LogP contribution is -2.17. The molecule has 0 amide bonds. The molecule has 5 nitrogen and oxygen atoms in total. The van der Waals surface area contributed by atoms with Crippen molar-refractivity contribution in [2.45, 2.75) is 33.1 Å². The molecule has 0 fully saturated rings. The molecule has 1 rings (SSSR count).